The highest BCUT2D eigenvalue weighted by molar-refractivity contribution is 6.39. The van der Waals surface area contributed by atoms with Gasteiger partial charge in [-0.15, -0.1) is 0 Å². The van der Waals surface area contributed by atoms with E-state index < -0.39 is 28.6 Å². The van der Waals surface area contributed by atoms with Crippen molar-refractivity contribution in [3.8, 4) is 0 Å². The summed E-state index contributed by atoms with van der Waals surface area (Å²) in [4.78, 5) is 24.1. The van der Waals surface area contributed by atoms with Crippen molar-refractivity contribution in [2.45, 2.75) is 6.18 Å². The Morgan fingerprint density at radius 3 is 2.52 bits per heavy atom. The summed E-state index contributed by atoms with van der Waals surface area (Å²) in [5.74, 6) is -2.09. The number of carbonyl (C=O) groups excluding carboxylic acids is 2. The molecule has 1 aromatic carbocycles. The van der Waals surface area contributed by atoms with Crippen molar-refractivity contribution in [1.82, 2.24) is 4.90 Å². The molecule has 0 aromatic heterocycles. The standard InChI is InChI=1S/C12H12ClF3N2O3/c1-18(4-5-19)11(21)10(20)17-7-2-3-9(13)8(6-7)12(14,15)16/h2-3,6,19H,4-5H2,1H3,(H,17,20). The molecular weight excluding hydrogens is 313 g/mol. The van der Waals surface area contributed by atoms with Gasteiger partial charge in [0.15, 0.2) is 0 Å². The molecule has 2 N–H and O–H groups in total. The van der Waals surface area contributed by atoms with E-state index in [0.717, 1.165) is 17.0 Å². The molecule has 0 spiro atoms. The van der Waals surface area contributed by atoms with Crippen molar-refractivity contribution in [3.63, 3.8) is 0 Å². The molecule has 0 aliphatic carbocycles. The Morgan fingerprint density at radius 1 is 1.38 bits per heavy atom. The zero-order valence-electron chi connectivity index (χ0n) is 10.9. The predicted molar refractivity (Wildman–Crippen MR) is 69.8 cm³/mol. The number of halogens is 4. The van der Waals surface area contributed by atoms with Gasteiger partial charge in [0.05, 0.1) is 17.2 Å². The van der Waals surface area contributed by atoms with E-state index in [9.17, 15) is 22.8 Å². The molecule has 1 rings (SSSR count). The van der Waals surface area contributed by atoms with Crippen molar-refractivity contribution >= 4 is 29.1 Å². The third kappa shape index (κ3) is 4.61. The van der Waals surface area contributed by atoms with Gasteiger partial charge in [-0.25, -0.2) is 0 Å². The van der Waals surface area contributed by atoms with Gasteiger partial charge >= 0.3 is 18.0 Å². The van der Waals surface area contributed by atoms with Gasteiger partial charge in [-0.05, 0) is 18.2 Å². The molecule has 0 heterocycles. The molecule has 0 fully saturated rings. The fourth-order valence-electron chi connectivity index (χ4n) is 1.43. The maximum Gasteiger partial charge on any atom is 0.417 e. The quantitative estimate of drug-likeness (QED) is 0.832. The highest BCUT2D eigenvalue weighted by Crippen LogP contribution is 2.36. The summed E-state index contributed by atoms with van der Waals surface area (Å²) in [5, 5.41) is 10.2. The molecule has 0 atom stereocenters. The SMILES string of the molecule is CN(CCO)C(=O)C(=O)Nc1ccc(Cl)c(C(F)(F)F)c1. The van der Waals surface area contributed by atoms with Crippen LogP contribution in [-0.4, -0.2) is 42.0 Å². The first-order valence-electron chi connectivity index (χ1n) is 5.71. The Morgan fingerprint density at radius 2 is 2.00 bits per heavy atom. The molecule has 21 heavy (non-hydrogen) atoms. The van der Waals surface area contributed by atoms with Gasteiger partial charge in [0.2, 0.25) is 0 Å². The van der Waals surface area contributed by atoms with Crippen LogP contribution in [0.15, 0.2) is 18.2 Å². The number of nitrogens with one attached hydrogen (secondary N) is 1. The maximum absolute atomic E-state index is 12.7. The Kier molecular flexibility index (Phi) is 5.56. The van der Waals surface area contributed by atoms with Crippen LogP contribution in [0.2, 0.25) is 5.02 Å². The van der Waals surface area contributed by atoms with Crippen LogP contribution in [-0.2, 0) is 15.8 Å². The number of aliphatic hydroxyl groups is 1. The van der Waals surface area contributed by atoms with Gasteiger partial charge < -0.3 is 15.3 Å². The number of hydrogen-bond donors (Lipinski definition) is 2. The molecule has 5 nitrogen and oxygen atoms in total. The Balaban J connectivity index is 2.89. The average molecular weight is 325 g/mol. The molecule has 0 aliphatic rings. The number of benzene rings is 1. The second kappa shape index (κ2) is 6.77. The largest absolute Gasteiger partial charge is 0.417 e. The number of alkyl halides is 3. The summed E-state index contributed by atoms with van der Waals surface area (Å²) in [6, 6.07) is 2.76. The first-order chi connectivity index (χ1) is 9.66. The van der Waals surface area contributed by atoms with Crippen molar-refractivity contribution in [2.24, 2.45) is 0 Å². The fraction of sp³-hybridized carbons (Fsp3) is 0.333. The topological polar surface area (TPSA) is 69.6 Å². The van der Waals surface area contributed by atoms with Crippen molar-refractivity contribution < 1.29 is 27.9 Å². The zero-order chi connectivity index (χ0) is 16.2. The zero-order valence-corrected chi connectivity index (χ0v) is 11.6. The lowest BCUT2D eigenvalue weighted by atomic mass is 10.2. The molecule has 1 aromatic rings. The third-order valence-corrected chi connectivity index (χ3v) is 2.84. The molecule has 0 saturated carbocycles. The minimum atomic E-state index is -4.67. The van der Waals surface area contributed by atoms with E-state index in [4.69, 9.17) is 16.7 Å². The van der Waals surface area contributed by atoms with E-state index in [0.29, 0.717) is 6.07 Å². The van der Waals surface area contributed by atoms with Crippen LogP contribution in [0.4, 0.5) is 18.9 Å². The Bertz CT molecular complexity index is 549. The van der Waals surface area contributed by atoms with Gasteiger partial charge in [-0.2, -0.15) is 13.2 Å². The molecule has 0 unspecified atom stereocenters. The highest BCUT2D eigenvalue weighted by Gasteiger charge is 2.33. The lowest BCUT2D eigenvalue weighted by molar-refractivity contribution is -0.142. The number of carbonyl (C=O) groups is 2. The van der Waals surface area contributed by atoms with E-state index in [2.05, 4.69) is 5.32 Å². The predicted octanol–water partition coefficient (Wildman–Crippen LogP) is 1.75. The van der Waals surface area contributed by atoms with E-state index in [-0.39, 0.29) is 18.8 Å². The number of anilines is 1. The summed E-state index contributed by atoms with van der Waals surface area (Å²) >= 11 is 5.44. The van der Waals surface area contributed by atoms with Crippen molar-refractivity contribution in [1.29, 1.82) is 0 Å². The lowest BCUT2D eigenvalue weighted by Gasteiger charge is -2.16. The van der Waals surface area contributed by atoms with Crippen LogP contribution in [0.1, 0.15) is 5.56 Å². The van der Waals surface area contributed by atoms with E-state index >= 15 is 0 Å². The van der Waals surface area contributed by atoms with Crippen molar-refractivity contribution in [2.75, 3.05) is 25.5 Å². The molecule has 0 saturated heterocycles. The van der Waals surface area contributed by atoms with E-state index in [1.54, 1.807) is 0 Å². The van der Waals surface area contributed by atoms with Crippen LogP contribution >= 0.6 is 11.6 Å². The summed E-state index contributed by atoms with van der Waals surface area (Å²) in [5.41, 5.74) is -1.32. The lowest BCUT2D eigenvalue weighted by Crippen LogP contribution is -2.38. The molecule has 116 valence electrons. The number of likely N-dealkylation sites (N-methyl/N-ethyl adjacent to an activating group) is 1. The average Bonchev–Trinajstić information content (AvgIpc) is 2.39. The summed E-state index contributed by atoms with van der Waals surface area (Å²) in [7, 11) is 1.28. The van der Waals surface area contributed by atoms with Crippen LogP contribution in [0.3, 0.4) is 0 Å². The van der Waals surface area contributed by atoms with Crippen LogP contribution in [0.25, 0.3) is 0 Å². The van der Waals surface area contributed by atoms with Crippen LogP contribution in [0.5, 0.6) is 0 Å². The van der Waals surface area contributed by atoms with Gasteiger partial charge in [0.25, 0.3) is 0 Å². The van der Waals surface area contributed by atoms with E-state index in [1.807, 2.05) is 0 Å². The molecule has 9 heteroatoms. The minimum absolute atomic E-state index is 0.0688. The smallest absolute Gasteiger partial charge is 0.395 e. The minimum Gasteiger partial charge on any atom is -0.395 e. The van der Waals surface area contributed by atoms with Gasteiger partial charge in [-0.3, -0.25) is 9.59 Å². The second-order valence-electron chi connectivity index (χ2n) is 4.10. The summed E-state index contributed by atoms with van der Waals surface area (Å²) in [6.07, 6.45) is -4.67. The highest BCUT2D eigenvalue weighted by atomic mass is 35.5. The molecule has 2 amide bonds. The molecule has 0 aliphatic heterocycles. The number of aliphatic hydroxyl groups excluding tert-OH is 1. The third-order valence-electron chi connectivity index (χ3n) is 2.51. The van der Waals surface area contributed by atoms with Gasteiger partial charge in [-0.1, -0.05) is 11.6 Å². The monoisotopic (exact) mass is 324 g/mol. The summed E-state index contributed by atoms with van der Waals surface area (Å²) in [6.45, 7) is -0.407. The second-order valence-corrected chi connectivity index (χ2v) is 4.50. The number of rotatable bonds is 3. The normalized spacial score (nSPS) is 11.1. The fourth-order valence-corrected chi connectivity index (χ4v) is 1.65. The first-order valence-corrected chi connectivity index (χ1v) is 6.08. The van der Waals surface area contributed by atoms with Crippen molar-refractivity contribution in [3.05, 3.63) is 28.8 Å². The maximum atomic E-state index is 12.7. The molecule has 0 bridgehead atoms. The first kappa shape index (κ1) is 17.3. The summed E-state index contributed by atoms with van der Waals surface area (Å²) < 4.78 is 38.0. The van der Waals surface area contributed by atoms with E-state index in [1.165, 1.54) is 7.05 Å². The Labute approximate surface area is 123 Å². The van der Waals surface area contributed by atoms with Gasteiger partial charge in [0, 0.05) is 19.3 Å². The molecule has 0 radical (unpaired) electrons. The number of hydrogen-bond acceptors (Lipinski definition) is 3. The Hall–Kier alpha value is -1.80. The number of amides is 2. The number of nitrogens with zero attached hydrogens (tertiary/aromatic N) is 1. The van der Waals surface area contributed by atoms with Crippen LogP contribution < -0.4 is 5.32 Å². The van der Waals surface area contributed by atoms with Crippen LogP contribution in [0, 0.1) is 0 Å². The van der Waals surface area contributed by atoms with Gasteiger partial charge in [0.1, 0.15) is 0 Å². The molecular formula is C12H12ClF3N2O3.